The van der Waals surface area contributed by atoms with Gasteiger partial charge in [0.2, 0.25) is 5.91 Å². The monoisotopic (exact) mass is 372 g/mol. The summed E-state index contributed by atoms with van der Waals surface area (Å²) < 4.78 is 11.5. The summed E-state index contributed by atoms with van der Waals surface area (Å²) in [7, 11) is 0. The first kappa shape index (κ1) is 19.2. The van der Waals surface area contributed by atoms with Gasteiger partial charge in [-0.2, -0.15) is 11.8 Å². The van der Waals surface area contributed by atoms with E-state index < -0.39 is 0 Å². The van der Waals surface area contributed by atoms with Gasteiger partial charge in [-0.3, -0.25) is 4.79 Å². The molecule has 0 spiro atoms. The molecule has 5 nitrogen and oxygen atoms in total. The number of fused-ring (bicyclic) bond motifs is 1. The molecule has 1 aromatic carbocycles. The maximum absolute atomic E-state index is 12.3. The van der Waals surface area contributed by atoms with Crippen molar-refractivity contribution in [2.45, 2.75) is 38.8 Å². The van der Waals surface area contributed by atoms with Gasteiger partial charge in [-0.1, -0.05) is 0 Å². The largest absolute Gasteiger partial charge is 0.492 e. The van der Waals surface area contributed by atoms with Crippen LogP contribution in [0.3, 0.4) is 0 Å². The molecule has 2 heterocycles. The van der Waals surface area contributed by atoms with E-state index in [1.165, 1.54) is 0 Å². The quantitative estimate of drug-likeness (QED) is 0.832. The van der Waals surface area contributed by atoms with E-state index in [0.717, 1.165) is 41.5 Å². The number of rotatable bonds is 5. The molecule has 1 aromatic rings. The number of ether oxygens (including phenoxy) is 2. The van der Waals surface area contributed by atoms with Gasteiger partial charge in [-0.15, -0.1) is 12.4 Å². The molecule has 1 fully saturated rings. The first-order chi connectivity index (χ1) is 11.2. The van der Waals surface area contributed by atoms with Gasteiger partial charge in [0.1, 0.15) is 17.6 Å². The van der Waals surface area contributed by atoms with E-state index in [9.17, 15) is 4.79 Å². The van der Waals surface area contributed by atoms with Crippen molar-refractivity contribution in [2.24, 2.45) is 0 Å². The third kappa shape index (κ3) is 4.71. The standard InChI is InChI=1S/C17H24N2O3S.ClH/c1-3-21-16-7-12-6-11(2)22-15(12)9-14(16)19-17(20)8-13-10-23-5-4-18-13;/h7,9,11,13,18H,3-6,8,10H2,1-2H3,(H,19,20);1H. The third-order valence-corrected chi connectivity index (χ3v) is 5.13. The number of hydrogen-bond donors (Lipinski definition) is 2. The zero-order valence-corrected chi connectivity index (χ0v) is 15.7. The smallest absolute Gasteiger partial charge is 0.226 e. The van der Waals surface area contributed by atoms with E-state index in [4.69, 9.17) is 9.47 Å². The van der Waals surface area contributed by atoms with Crippen molar-refractivity contribution in [1.82, 2.24) is 5.32 Å². The van der Waals surface area contributed by atoms with Crippen LogP contribution in [0.25, 0.3) is 0 Å². The van der Waals surface area contributed by atoms with Gasteiger partial charge in [0.15, 0.2) is 0 Å². The van der Waals surface area contributed by atoms with E-state index in [-0.39, 0.29) is 30.5 Å². The van der Waals surface area contributed by atoms with Crippen LogP contribution in [0.1, 0.15) is 25.8 Å². The lowest BCUT2D eigenvalue weighted by Crippen LogP contribution is -2.39. The summed E-state index contributed by atoms with van der Waals surface area (Å²) in [6.07, 6.45) is 1.54. The SMILES string of the molecule is CCOc1cc2c(cc1NC(=O)CC1CSCCN1)OC(C)C2.Cl. The maximum Gasteiger partial charge on any atom is 0.226 e. The molecule has 2 N–H and O–H groups in total. The number of carbonyl (C=O) groups is 1. The summed E-state index contributed by atoms with van der Waals surface area (Å²) in [5.41, 5.74) is 1.84. The predicted molar refractivity (Wildman–Crippen MR) is 101 cm³/mol. The first-order valence-corrected chi connectivity index (χ1v) is 9.38. The molecule has 2 atom stereocenters. The Morgan fingerprint density at radius 2 is 2.33 bits per heavy atom. The van der Waals surface area contributed by atoms with Crippen LogP contribution in [-0.2, 0) is 11.2 Å². The van der Waals surface area contributed by atoms with Gasteiger partial charge >= 0.3 is 0 Å². The molecule has 0 radical (unpaired) electrons. The van der Waals surface area contributed by atoms with Gasteiger partial charge in [0, 0.05) is 48.6 Å². The number of thioether (sulfide) groups is 1. The molecule has 2 aliphatic rings. The Labute approximate surface area is 153 Å². The van der Waals surface area contributed by atoms with Gasteiger partial charge in [-0.25, -0.2) is 0 Å². The van der Waals surface area contributed by atoms with E-state index in [2.05, 4.69) is 10.6 Å². The zero-order valence-electron chi connectivity index (χ0n) is 14.1. The average Bonchev–Trinajstić information content (AvgIpc) is 2.88. The first-order valence-electron chi connectivity index (χ1n) is 8.23. The predicted octanol–water partition coefficient (Wildman–Crippen LogP) is 2.86. The molecular formula is C17H25ClN2O3S. The number of amides is 1. The van der Waals surface area contributed by atoms with E-state index in [1.807, 2.05) is 37.7 Å². The number of anilines is 1. The summed E-state index contributed by atoms with van der Waals surface area (Å²) in [5, 5.41) is 6.38. The molecule has 0 aliphatic carbocycles. The summed E-state index contributed by atoms with van der Waals surface area (Å²) >= 11 is 1.89. The molecule has 7 heteroatoms. The Morgan fingerprint density at radius 3 is 3.04 bits per heavy atom. The van der Waals surface area contributed by atoms with E-state index >= 15 is 0 Å². The highest BCUT2D eigenvalue weighted by Gasteiger charge is 2.23. The molecule has 1 amide bonds. The number of nitrogens with one attached hydrogen (secondary N) is 2. The minimum atomic E-state index is 0. The van der Waals surface area contributed by atoms with Crippen LogP contribution in [0, 0.1) is 0 Å². The van der Waals surface area contributed by atoms with E-state index in [1.54, 1.807) is 0 Å². The van der Waals surface area contributed by atoms with Crippen LogP contribution in [-0.4, -0.2) is 42.7 Å². The van der Waals surface area contributed by atoms with Crippen molar-refractivity contribution >= 4 is 35.8 Å². The molecule has 0 bridgehead atoms. The second-order valence-electron chi connectivity index (χ2n) is 6.00. The lowest BCUT2D eigenvalue weighted by atomic mass is 10.1. The van der Waals surface area contributed by atoms with Crippen LogP contribution < -0.4 is 20.1 Å². The number of benzene rings is 1. The molecule has 0 aromatic heterocycles. The van der Waals surface area contributed by atoms with Crippen molar-refractivity contribution in [3.63, 3.8) is 0 Å². The highest BCUT2D eigenvalue weighted by Crippen LogP contribution is 2.38. The zero-order chi connectivity index (χ0) is 16.2. The normalized spacial score (nSPS) is 22.1. The third-order valence-electron chi connectivity index (χ3n) is 4.00. The van der Waals surface area contributed by atoms with Crippen LogP contribution in [0.4, 0.5) is 5.69 Å². The molecule has 2 aliphatic heterocycles. The average molecular weight is 373 g/mol. The minimum absolute atomic E-state index is 0. The van der Waals surface area contributed by atoms with Crippen molar-refractivity contribution < 1.29 is 14.3 Å². The van der Waals surface area contributed by atoms with Gasteiger partial charge in [0.05, 0.1) is 12.3 Å². The van der Waals surface area contributed by atoms with Crippen molar-refractivity contribution in [3.8, 4) is 11.5 Å². The van der Waals surface area contributed by atoms with Crippen LogP contribution in [0.5, 0.6) is 11.5 Å². The van der Waals surface area contributed by atoms with Crippen LogP contribution in [0.15, 0.2) is 12.1 Å². The molecule has 3 rings (SSSR count). The van der Waals surface area contributed by atoms with Crippen molar-refractivity contribution in [2.75, 3.05) is 30.0 Å². The number of hydrogen-bond acceptors (Lipinski definition) is 5. The van der Waals surface area contributed by atoms with Crippen molar-refractivity contribution in [3.05, 3.63) is 17.7 Å². The van der Waals surface area contributed by atoms with Gasteiger partial charge in [-0.05, 0) is 19.9 Å². The second-order valence-corrected chi connectivity index (χ2v) is 7.15. The van der Waals surface area contributed by atoms with Gasteiger partial charge < -0.3 is 20.1 Å². The van der Waals surface area contributed by atoms with Crippen LogP contribution >= 0.6 is 24.2 Å². The Kier molecular flexibility index (Phi) is 7.07. The number of halogens is 1. The lowest BCUT2D eigenvalue weighted by Gasteiger charge is -2.22. The summed E-state index contributed by atoms with van der Waals surface area (Å²) in [6.45, 7) is 5.53. The lowest BCUT2D eigenvalue weighted by molar-refractivity contribution is -0.116. The molecule has 2 unspecified atom stereocenters. The molecular weight excluding hydrogens is 348 g/mol. The fraction of sp³-hybridized carbons (Fsp3) is 0.588. The molecule has 24 heavy (non-hydrogen) atoms. The van der Waals surface area contributed by atoms with Crippen LogP contribution in [0.2, 0.25) is 0 Å². The maximum atomic E-state index is 12.3. The molecule has 0 saturated carbocycles. The summed E-state index contributed by atoms with van der Waals surface area (Å²) in [4.78, 5) is 12.3. The fourth-order valence-electron chi connectivity index (χ4n) is 2.99. The Hall–Kier alpha value is -1.11. The highest BCUT2D eigenvalue weighted by molar-refractivity contribution is 7.99. The second kappa shape index (κ2) is 8.83. The van der Waals surface area contributed by atoms with Crippen molar-refractivity contribution in [1.29, 1.82) is 0 Å². The molecule has 1 saturated heterocycles. The Morgan fingerprint density at radius 1 is 1.50 bits per heavy atom. The minimum Gasteiger partial charge on any atom is -0.492 e. The summed E-state index contributed by atoms with van der Waals surface area (Å²) in [5.74, 6) is 3.69. The van der Waals surface area contributed by atoms with E-state index in [0.29, 0.717) is 18.7 Å². The fourth-order valence-corrected chi connectivity index (χ4v) is 3.94. The number of carbonyl (C=O) groups excluding carboxylic acids is 1. The molecule has 134 valence electrons. The van der Waals surface area contributed by atoms with Gasteiger partial charge in [0.25, 0.3) is 0 Å². The highest BCUT2D eigenvalue weighted by atomic mass is 35.5. The summed E-state index contributed by atoms with van der Waals surface area (Å²) in [6, 6.07) is 4.13. The topological polar surface area (TPSA) is 59.6 Å². The Bertz CT molecular complexity index is 579. The Balaban J connectivity index is 0.00000208.